The van der Waals surface area contributed by atoms with Crippen LogP contribution in [0.5, 0.6) is 0 Å². The van der Waals surface area contributed by atoms with Crippen molar-refractivity contribution in [1.82, 2.24) is 9.88 Å². The number of halogens is 1. The standard InChI is InChI=1S/C13H15ClN2O2/c1-2-16(5-6-17)13(18)12-8-9-7-10(14)3-4-11(9)15-12/h3-4,7-8,15,17H,2,5-6H2,1H3. The number of aliphatic hydroxyl groups excluding tert-OH is 1. The van der Waals surface area contributed by atoms with Crippen LogP contribution in [0.1, 0.15) is 17.4 Å². The van der Waals surface area contributed by atoms with Gasteiger partial charge in [-0.2, -0.15) is 0 Å². The number of aromatic nitrogens is 1. The van der Waals surface area contributed by atoms with Gasteiger partial charge in [0, 0.05) is 29.0 Å². The zero-order valence-electron chi connectivity index (χ0n) is 10.1. The predicted molar refractivity (Wildman–Crippen MR) is 72.0 cm³/mol. The van der Waals surface area contributed by atoms with Crippen LogP contribution in [0, 0.1) is 0 Å². The molecular formula is C13H15ClN2O2. The Morgan fingerprint density at radius 2 is 2.22 bits per heavy atom. The molecule has 0 atom stereocenters. The largest absolute Gasteiger partial charge is 0.395 e. The van der Waals surface area contributed by atoms with Gasteiger partial charge in [0.15, 0.2) is 0 Å². The lowest BCUT2D eigenvalue weighted by Crippen LogP contribution is -2.33. The molecule has 0 aliphatic carbocycles. The molecule has 2 aromatic rings. The highest BCUT2D eigenvalue weighted by molar-refractivity contribution is 6.31. The lowest BCUT2D eigenvalue weighted by molar-refractivity contribution is 0.0727. The minimum absolute atomic E-state index is 0.0361. The summed E-state index contributed by atoms with van der Waals surface area (Å²) in [7, 11) is 0. The molecule has 0 saturated carbocycles. The maximum Gasteiger partial charge on any atom is 0.270 e. The van der Waals surface area contributed by atoms with Crippen LogP contribution in [0.4, 0.5) is 0 Å². The molecule has 1 aromatic heterocycles. The van der Waals surface area contributed by atoms with E-state index in [1.165, 1.54) is 0 Å². The Labute approximate surface area is 110 Å². The van der Waals surface area contributed by atoms with E-state index in [-0.39, 0.29) is 12.5 Å². The van der Waals surface area contributed by atoms with Crippen molar-refractivity contribution in [1.29, 1.82) is 0 Å². The van der Waals surface area contributed by atoms with E-state index in [0.29, 0.717) is 23.8 Å². The van der Waals surface area contributed by atoms with Gasteiger partial charge >= 0.3 is 0 Å². The van der Waals surface area contributed by atoms with Crippen LogP contribution in [0.25, 0.3) is 10.9 Å². The molecule has 0 saturated heterocycles. The topological polar surface area (TPSA) is 56.3 Å². The summed E-state index contributed by atoms with van der Waals surface area (Å²) in [4.78, 5) is 16.8. The molecule has 96 valence electrons. The summed E-state index contributed by atoms with van der Waals surface area (Å²) in [5, 5.41) is 10.5. The van der Waals surface area contributed by atoms with Crippen LogP contribution in [0.2, 0.25) is 5.02 Å². The number of aromatic amines is 1. The number of nitrogens with one attached hydrogen (secondary N) is 1. The first kappa shape index (κ1) is 12.9. The number of benzene rings is 1. The molecule has 0 radical (unpaired) electrons. The number of H-pyrrole nitrogens is 1. The Morgan fingerprint density at radius 3 is 2.89 bits per heavy atom. The van der Waals surface area contributed by atoms with Crippen molar-refractivity contribution >= 4 is 28.4 Å². The maximum absolute atomic E-state index is 12.2. The minimum atomic E-state index is -0.112. The fourth-order valence-corrected chi connectivity index (χ4v) is 2.09. The summed E-state index contributed by atoms with van der Waals surface area (Å²) in [5.41, 5.74) is 1.39. The van der Waals surface area contributed by atoms with E-state index in [1.54, 1.807) is 17.0 Å². The molecule has 0 unspecified atom stereocenters. The Kier molecular flexibility index (Phi) is 3.89. The van der Waals surface area contributed by atoms with Crippen molar-refractivity contribution in [3.05, 3.63) is 35.0 Å². The van der Waals surface area contributed by atoms with Crippen molar-refractivity contribution in [3.8, 4) is 0 Å². The monoisotopic (exact) mass is 266 g/mol. The van der Waals surface area contributed by atoms with E-state index in [1.807, 2.05) is 19.1 Å². The summed E-state index contributed by atoms with van der Waals surface area (Å²) in [6.07, 6.45) is 0. The average molecular weight is 267 g/mol. The van der Waals surface area contributed by atoms with E-state index in [0.717, 1.165) is 10.9 Å². The van der Waals surface area contributed by atoms with E-state index in [9.17, 15) is 4.79 Å². The molecular weight excluding hydrogens is 252 g/mol. The van der Waals surface area contributed by atoms with Gasteiger partial charge in [-0.25, -0.2) is 0 Å². The molecule has 4 nitrogen and oxygen atoms in total. The molecule has 0 fully saturated rings. The fraction of sp³-hybridized carbons (Fsp3) is 0.308. The van der Waals surface area contributed by atoms with Crippen molar-refractivity contribution in [2.24, 2.45) is 0 Å². The van der Waals surface area contributed by atoms with Crippen LogP contribution >= 0.6 is 11.6 Å². The van der Waals surface area contributed by atoms with Gasteiger partial charge in [-0.15, -0.1) is 0 Å². The van der Waals surface area contributed by atoms with Gasteiger partial charge in [0.1, 0.15) is 5.69 Å². The Hall–Kier alpha value is -1.52. The summed E-state index contributed by atoms with van der Waals surface area (Å²) < 4.78 is 0. The summed E-state index contributed by atoms with van der Waals surface area (Å²) in [5.74, 6) is -0.112. The van der Waals surface area contributed by atoms with Gasteiger partial charge in [0.05, 0.1) is 6.61 Å². The van der Waals surface area contributed by atoms with E-state index < -0.39 is 0 Å². The SMILES string of the molecule is CCN(CCO)C(=O)c1cc2cc(Cl)ccc2[nH]1. The van der Waals surface area contributed by atoms with Crippen LogP contribution in [0.3, 0.4) is 0 Å². The van der Waals surface area contributed by atoms with Gasteiger partial charge in [-0.1, -0.05) is 11.6 Å². The lowest BCUT2D eigenvalue weighted by atomic mass is 10.2. The first-order valence-electron chi connectivity index (χ1n) is 5.84. The number of hydrogen-bond donors (Lipinski definition) is 2. The quantitative estimate of drug-likeness (QED) is 0.892. The molecule has 0 aliphatic heterocycles. The second-order valence-corrected chi connectivity index (χ2v) is 4.46. The van der Waals surface area contributed by atoms with Crippen molar-refractivity contribution < 1.29 is 9.90 Å². The number of carbonyl (C=O) groups is 1. The lowest BCUT2D eigenvalue weighted by Gasteiger charge is -2.18. The van der Waals surface area contributed by atoms with Crippen LogP contribution in [-0.2, 0) is 0 Å². The summed E-state index contributed by atoms with van der Waals surface area (Å²) in [6, 6.07) is 7.22. The fourth-order valence-electron chi connectivity index (χ4n) is 1.91. The first-order valence-corrected chi connectivity index (χ1v) is 6.22. The normalized spacial score (nSPS) is 10.8. The molecule has 1 aromatic carbocycles. The second-order valence-electron chi connectivity index (χ2n) is 4.02. The highest BCUT2D eigenvalue weighted by Crippen LogP contribution is 2.20. The predicted octanol–water partition coefficient (Wildman–Crippen LogP) is 2.28. The summed E-state index contributed by atoms with van der Waals surface area (Å²) in [6.45, 7) is 2.75. The highest BCUT2D eigenvalue weighted by atomic mass is 35.5. The van der Waals surface area contributed by atoms with E-state index in [2.05, 4.69) is 4.98 Å². The third kappa shape index (κ3) is 2.49. The van der Waals surface area contributed by atoms with Gasteiger partial charge in [0.2, 0.25) is 0 Å². The highest BCUT2D eigenvalue weighted by Gasteiger charge is 2.15. The zero-order valence-corrected chi connectivity index (χ0v) is 10.9. The first-order chi connectivity index (χ1) is 8.65. The minimum Gasteiger partial charge on any atom is -0.395 e. The molecule has 0 bridgehead atoms. The third-order valence-electron chi connectivity index (χ3n) is 2.85. The van der Waals surface area contributed by atoms with Crippen LogP contribution in [-0.4, -0.2) is 40.6 Å². The van der Waals surface area contributed by atoms with Gasteiger partial charge in [0.25, 0.3) is 5.91 Å². The average Bonchev–Trinajstić information content (AvgIpc) is 2.77. The number of rotatable bonds is 4. The maximum atomic E-state index is 12.2. The molecule has 2 rings (SSSR count). The second kappa shape index (κ2) is 5.42. The van der Waals surface area contributed by atoms with Crippen molar-refractivity contribution in [3.63, 3.8) is 0 Å². The molecule has 0 spiro atoms. The Bertz CT molecular complexity index is 565. The Morgan fingerprint density at radius 1 is 1.44 bits per heavy atom. The van der Waals surface area contributed by atoms with Crippen LogP contribution < -0.4 is 0 Å². The van der Waals surface area contributed by atoms with E-state index >= 15 is 0 Å². The zero-order chi connectivity index (χ0) is 13.1. The van der Waals surface area contributed by atoms with Crippen molar-refractivity contribution in [2.45, 2.75) is 6.92 Å². The van der Waals surface area contributed by atoms with Crippen molar-refractivity contribution in [2.75, 3.05) is 19.7 Å². The van der Waals surface area contributed by atoms with Gasteiger partial charge in [-0.3, -0.25) is 4.79 Å². The van der Waals surface area contributed by atoms with E-state index in [4.69, 9.17) is 16.7 Å². The molecule has 18 heavy (non-hydrogen) atoms. The number of amides is 1. The molecule has 5 heteroatoms. The number of nitrogens with zero attached hydrogens (tertiary/aromatic N) is 1. The van der Waals surface area contributed by atoms with Crippen LogP contribution in [0.15, 0.2) is 24.3 Å². The number of aliphatic hydroxyl groups is 1. The number of hydrogen-bond acceptors (Lipinski definition) is 2. The number of fused-ring (bicyclic) bond motifs is 1. The molecule has 2 N–H and O–H groups in total. The summed E-state index contributed by atoms with van der Waals surface area (Å²) >= 11 is 5.90. The molecule has 1 amide bonds. The number of carbonyl (C=O) groups excluding carboxylic acids is 1. The third-order valence-corrected chi connectivity index (χ3v) is 3.09. The number of likely N-dealkylation sites (N-methyl/N-ethyl adjacent to an activating group) is 1. The smallest absolute Gasteiger partial charge is 0.270 e. The molecule has 1 heterocycles. The Balaban J connectivity index is 2.32. The van der Waals surface area contributed by atoms with Gasteiger partial charge < -0.3 is 15.0 Å². The molecule has 0 aliphatic rings. The van der Waals surface area contributed by atoms with Gasteiger partial charge in [-0.05, 0) is 31.2 Å².